The van der Waals surface area contributed by atoms with E-state index >= 15 is 0 Å². The molecule has 0 atom stereocenters. The molecule has 1 heterocycles. The standard InChI is InChI=1S/C12H15NO3S/c1-16-12-4-2-3-10(7-12)8-17(14,15)9-11-5-6-13-11/h2-4,7,9,13H,5-6,8H2,1H3/b11-9+. The van der Waals surface area contributed by atoms with Crippen molar-refractivity contribution in [2.24, 2.45) is 0 Å². The minimum Gasteiger partial charge on any atom is -0.497 e. The molecule has 2 rings (SSSR count). The van der Waals surface area contributed by atoms with E-state index in [-0.39, 0.29) is 5.75 Å². The third-order valence-corrected chi connectivity index (χ3v) is 3.95. The molecule has 0 spiro atoms. The van der Waals surface area contributed by atoms with Crippen molar-refractivity contribution in [2.45, 2.75) is 12.2 Å². The van der Waals surface area contributed by atoms with Gasteiger partial charge in [-0.25, -0.2) is 8.42 Å². The lowest BCUT2D eigenvalue weighted by atomic mass is 10.2. The number of sulfone groups is 1. The van der Waals surface area contributed by atoms with Gasteiger partial charge >= 0.3 is 0 Å². The molecule has 1 fully saturated rings. The lowest BCUT2D eigenvalue weighted by Crippen LogP contribution is -2.28. The summed E-state index contributed by atoms with van der Waals surface area (Å²) in [6.45, 7) is 0.862. The smallest absolute Gasteiger partial charge is 0.177 e. The summed E-state index contributed by atoms with van der Waals surface area (Å²) in [7, 11) is -1.64. The first kappa shape index (κ1) is 12.0. The van der Waals surface area contributed by atoms with Gasteiger partial charge in [-0.2, -0.15) is 0 Å². The topological polar surface area (TPSA) is 55.4 Å². The Kier molecular flexibility index (Phi) is 3.38. The highest BCUT2D eigenvalue weighted by molar-refractivity contribution is 7.93. The SMILES string of the molecule is COc1cccc(CS(=O)(=O)/C=C2\CCN2)c1. The maximum atomic E-state index is 11.8. The normalized spacial score (nSPS) is 17.4. The molecule has 0 bridgehead atoms. The zero-order valence-corrected chi connectivity index (χ0v) is 10.5. The molecular weight excluding hydrogens is 238 g/mol. The van der Waals surface area contributed by atoms with Crippen LogP contribution in [-0.2, 0) is 15.6 Å². The van der Waals surface area contributed by atoms with E-state index < -0.39 is 9.84 Å². The molecule has 17 heavy (non-hydrogen) atoms. The first-order chi connectivity index (χ1) is 8.09. The van der Waals surface area contributed by atoms with Crippen LogP contribution >= 0.6 is 0 Å². The van der Waals surface area contributed by atoms with Crippen LogP contribution in [0.4, 0.5) is 0 Å². The van der Waals surface area contributed by atoms with Crippen LogP contribution in [0, 0.1) is 0 Å². The molecule has 5 heteroatoms. The highest BCUT2D eigenvalue weighted by Gasteiger charge is 2.14. The van der Waals surface area contributed by atoms with Gasteiger partial charge in [0.15, 0.2) is 9.84 Å². The van der Waals surface area contributed by atoms with Crippen molar-refractivity contribution >= 4 is 9.84 Å². The minimum absolute atomic E-state index is 0.00931. The summed E-state index contributed by atoms with van der Waals surface area (Å²) in [4.78, 5) is 0. The first-order valence-corrected chi connectivity index (χ1v) is 7.11. The molecule has 1 saturated heterocycles. The number of methoxy groups -OCH3 is 1. The summed E-state index contributed by atoms with van der Waals surface area (Å²) in [5.41, 5.74) is 1.54. The molecule has 1 aromatic rings. The molecule has 0 aliphatic carbocycles. The van der Waals surface area contributed by atoms with Crippen molar-refractivity contribution in [2.75, 3.05) is 13.7 Å². The average molecular weight is 253 g/mol. The van der Waals surface area contributed by atoms with Crippen LogP contribution in [0.25, 0.3) is 0 Å². The van der Waals surface area contributed by atoms with Gasteiger partial charge in [0, 0.05) is 24.1 Å². The second-order valence-corrected chi connectivity index (χ2v) is 5.83. The molecule has 1 aliphatic rings. The second-order valence-electron chi connectivity index (χ2n) is 3.98. The van der Waals surface area contributed by atoms with Gasteiger partial charge in [-0.1, -0.05) is 12.1 Å². The van der Waals surface area contributed by atoms with Crippen LogP contribution in [-0.4, -0.2) is 22.1 Å². The van der Waals surface area contributed by atoms with Gasteiger partial charge in [0.25, 0.3) is 0 Å². The number of rotatable bonds is 4. The average Bonchev–Trinajstić information content (AvgIpc) is 2.23. The summed E-state index contributed by atoms with van der Waals surface area (Å²) >= 11 is 0. The fraction of sp³-hybridized carbons (Fsp3) is 0.333. The molecule has 1 aliphatic heterocycles. The minimum atomic E-state index is -3.20. The van der Waals surface area contributed by atoms with Crippen molar-refractivity contribution in [1.82, 2.24) is 5.32 Å². The number of nitrogens with one attached hydrogen (secondary N) is 1. The Morgan fingerprint density at radius 1 is 1.47 bits per heavy atom. The van der Waals surface area contributed by atoms with Gasteiger partial charge in [-0.3, -0.25) is 0 Å². The summed E-state index contributed by atoms with van der Waals surface area (Å²) in [5.74, 6) is 0.683. The predicted molar refractivity (Wildman–Crippen MR) is 66.3 cm³/mol. The number of hydrogen-bond acceptors (Lipinski definition) is 4. The zero-order chi connectivity index (χ0) is 12.3. The monoisotopic (exact) mass is 253 g/mol. The molecule has 4 nitrogen and oxygen atoms in total. The molecule has 0 radical (unpaired) electrons. The summed E-state index contributed by atoms with van der Waals surface area (Å²) in [6.07, 6.45) is 0.817. The van der Waals surface area contributed by atoms with E-state index in [4.69, 9.17) is 4.74 Å². The van der Waals surface area contributed by atoms with E-state index in [1.54, 1.807) is 31.4 Å². The molecule has 0 amide bonds. The van der Waals surface area contributed by atoms with Gasteiger partial charge in [-0.15, -0.1) is 0 Å². The maximum Gasteiger partial charge on any atom is 0.177 e. The number of hydrogen-bond donors (Lipinski definition) is 1. The third-order valence-electron chi connectivity index (χ3n) is 2.57. The largest absolute Gasteiger partial charge is 0.497 e. The fourth-order valence-corrected chi connectivity index (χ4v) is 2.99. The van der Waals surface area contributed by atoms with E-state index in [0.717, 1.165) is 24.2 Å². The van der Waals surface area contributed by atoms with E-state index in [0.29, 0.717) is 5.75 Å². The van der Waals surface area contributed by atoms with Crippen LogP contribution < -0.4 is 10.1 Å². The van der Waals surface area contributed by atoms with E-state index in [9.17, 15) is 8.42 Å². The Hall–Kier alpha value is -1.49. The quantitative estimate of drug-likeness (QED) is 0.882. The Balaban J connectivity index is 2.14. The highest BCUT2D eigenvalue weighted by Crippen LogP contribution is 2.17. The van der Waals surface area contributed by atoms with E-state index in [2.05, 4.69) is 5.32 Å². The molecule has 0 unspecified atom stereocenters. The lowest BCUT2D eigenvalue weighted by molar-refractivity contribution is 0.414. The summed E-state index contributed by atoms with van der Waals surface area (Å²) < 4.78 is 28.8. The molecule has 0 saturated carbocycles. The zero-order valence-electron chi connectivity index (χ0n) is 9.64. The molecule has 92 valence electrons. The van der Waals surface area contributed by atoms with Crippen LogP contribution in [0.1, 0.15) is 12.0 Å². The van der Waals surface area contributed by atoms with Crippen LogP contribution in [0.15, 0.2) is 35.4 Å². The van der Waals surface area contributed by atoms with Crippen molar-refractivity contribution in [3.63, 3.8) is 0 Å². The fourth-order valence-electron chi connectivity index (χ4n) is 1.62. The van der Waals surface area contributed by atoms with E-state index in [1.165, 1.54) is 5.41 Å². The number of ether oxygens (including phenoxy) is 1. The Bertz CT molecular complexity index is 528. The van der Waals surface area contributed by atoms with Crippen LogP contribution in [0.3, 0.4) is 0 Å². The van der Waals surface area contributed by atoms with E-state index in [1.807, 2.05) is 0 Å². The Labute approximate surface area is 101 Å². The van der Waals surface area contributed by atoms with Crippen LogP contribution in [0.5, 0.6) is 5.75 Å². The third kappa shape index (κ3) is 3.23. The summed E-state index contributed by atoms with van der Waals surface area (Å²) in [6, 6.07) is 7.11. The molecule has 0 aromatic heterocycles. The molecule has 1 N–H and O–H groups in total. The summed E-state index contributed by atoms with van der Waals surface area (Å²) in [5, 5.41) is 4.30. The van der Waals surface area contributed by atoms with Crippen molar-refractivity contribution in [1.29, 1.82) is 0 Å². The second kappa shape index (κ2) is 4.79. The Morgan fingerprint density at radius 2 is 2.24 bits per heavy atom. The van der Waals surface area contributed by atoms with Crippen molar-refractivity contribution < 1.29 is 13.2 Å². The lowest BCUT2D eigenvalue weighted by Gasteiger charge is -2.19. The van der Waals surface area contributed by atoms with Crippen molar-refractivity contribution in [3.05, 3.63) is 40.9 Å². The van der Waals surface area contributed by atoms with Crippen LogP contribution in [0.2, 0.25) is 0 Å². The Morgan fingerprint density at radius 3 is 2.82 bits per heavy atom. The predicted octanol–water partition coefficient (Wildman–Crippen LogP) is 1.44. The maximum absolute atomic E-state index is 11.8. The van der Waals surface area contributed by atoms with Gasteiger partial charge in [-0.05, 0) is 17.7 Å². The number of benzene rings is 1. The highest BCUT2D eigenvalue weighted by atomic mass is 32.2. The van der Waals surface area contributed by atoms with Gasteiger partial charge in [0.1, 0.15) is 5.75 Å². The van der Waals surface area contributed by atoms with Gasteiger partial charge in [0.05, 0.1) is 12.9 Å². The molecule has 1 aromatic carbocycles. The van der Waals surface area contributed by atoms with Gasteiger partial charge < -0.3 is 10.1 Å². The van der Waals surface area contributed by atoms with Gasteiger partial charge in [0.2, 0.25) is 0 Å². The van der Waals surface area contributed by atoms with Crippen molar-refractivity contribution in [3.8, 4) is 5.75 Å². The first-order valence-electron chi connectivity index (χ1n) is 5.39. The molecular formula is C12H15NO3S.